The minimum Gasteiger partial charge on any atom is -0.347 e. The largest absolute Gasteiger partial charge is 0.347 e. The molecule has 4 nitrogen and oxygen atoms in total. The van der Waals surface area contributed by atoms with Crippen LogP contribution in [-0.4, -0.2) is 18.4 Å². The number of carbonyl (C=O) groups is 2. The molecule has 144 valence electrons. The number of benzene rings is 1. The Bertz CT molecular complexity index is 642. The average Bonchev–Trinajstić information content (AvgIpc) is 2.55. The summed E-state index contributed by atoms with van der Waals surface area (Å²) in [4.78, 5) is 24.6. The van der Waals surface area contributed by atoms with E-state index in [1.807, 2.05) is 20.8 Å². The van der Waals surface area contributed by atoms with Gasteiger partial charge in [0.05, 0.1) is 6.54 Å². The summed E-state index contributed by atoms with van der Waals surface area (Å²) in [5.74, 6) is 0.577. The number of hydrogen-bond donors (Lipinski definition) is 2. The van der Waals surface area contributed by atoms with E-state index in [1.165, 1.54) is 5.56 Å². The Hall–Kier alpha value is -1.84. The van der Waals surface area contributed by atoms with Gasteiger partial charge in [0.1, 0.15) is 0 Å². The standard InChI is InChI=1S/C22H34N2O2/c1-14-11-15(2)20(16(3)12-14)24-19(25)13-23-21(26)17-7-9-18(10-8-17)22(4,5)6/h11-12,17-18H,7-10,13H2,1-6H3,(H,23,26)(H,24,25). The molecule has 0 atom stereocenters. The molecular weight excluding hydrogens is 324 g/mol. The minimum atomic E-state index is -0.170. The highest BCUT2D eigenvalue weighted by Gasteiger charge is 2.32. The Morgan fingerprint density at radius 3 is 2.04 bits per heavy atom. The van der Waals surface area contributed by atoms with Gasteiger partial charge in [-0.3, -0.25) is 9.59 Å². The molecule has 4 heteroatoms. The van der Waals surface area contributed by atoms with Crippen LogP contribution in [0.15, 0.2) is 12.1 Å². The van der Waals surface area contributed by atoms with Gasteiger partial charge in [-0.1, -0.05) is 38.5 Å². The lowest BCUT2D eigenvalue weighted by atomic mass is 9.70. The SMILES string of the molecule is Cc1cc(C)c(NC(=O)CNC(=O)C2CCC(C(C)(C)C)CC2)c(C)c1. The van der Waals surface area contributed by atoms with Crippen LogP contribution in [0.25, 0.3) is 0 Å². The number of aryl methyl sites for hydroxylation is 3. The highest BCUT2D eigenvalue weighted by molar-refractivity contribution is 5.96. The first-order chi connectivity index (χ1) is 12.1. The zero-order valence-electron chi connectivity index (χ0n) is 17.2. The molecule has 1 saturated carbocycles. The van der Waals surface area contributed by atoms with Crippen LogP contribution in [0.3, 0.4) is 0 Å². The Kier molecular flexibility index (Phi) is 6.48. The van der Waals surface area contributed by atoms with Gasteiger partial charge < -0.3 is 10.6 Å². The van der Waals surface area contributed by atoms with Crippen molar-refractivity contribution in [2.45, 2.75) is 67.2 Å². The van der Waals surface area contributed by atoms with Gasteiger partial charge in [0, 0.05) is 11.6 Å². The number of nitrogens with one attached hydrogen (secondary N) is 2. The zero-order chi connectivity index (χ0) is 19.5. The predicted molar refractivity (Wildman–Crippen MR) is 107 cm³/mol. The lowest BCUT2D eigenvalue weighted by Gasteiger charge is -2.36. The first-order valence-corrected chi connectivity index (χ1v) is 9.73. The molecule has 0 aromatic heterocycles. The fourth-order valence-electron chi connectivity index (χ4n) is 4.09. The molecule has 2 rings (SSSR count). The quantitative estimate of drug-likeness (QED) is 0.831. The third kappa shape index (κ3) is 5.33. The molecule has 0 heterocycles. The van der Waals surface area contributed by atoms with Gasteiger partial charge in [0.15, 0.2) is 0 Å². The van der Waals surface area contributed by atoms with E-state index in [1.54, 1.807) is 0 Å². The smallest absolute Gasteiger partial charge is 0.243 e. The second-order valence-corrected chi connectivity index (χ2v) is 8.95. The van der Waals surface area contributed by atoms with Gasteiger partial charge in [0.2, 0.25) is 11.8 Å². The monoisotopic (exact) mass is 358 g/mol. The predicted octanol–water partition coefficient (Wildman–Crippen LogP) is 4.52. The van der Waals surface area contributed by atoms with Crippen molar-refractivity contribution in [3.63, 3.8) is 0 Å². The van der Waals surface area contributed by atoms with E-state index >= 15 is 0 Å². The maximum atomic E-state index is 12.4. The molecular formula is C22H34N2O2. The Morgan fingerprint density at radius 1 is 1.00 bits per heavy atom. The fourth-order valence-corrected chi connectivity index (χ4v) is 4.09. The third-order valence-corrected chi connectivity index (χ3v) is 5.69. The number of hydrogen-bond acceptors (Lipinski definition) is 2. The van der Waals surface area contributed by atoms with Crippen LogP contribution in [0.4, 0.5) is 5.69 Å². The first kappa shape index (κ1) is 20.5. The van der Waals surface area contributed by atoms with Gasteiger partial charge >= 0.3 is 0 Å². The lowest BCUT2D eigenvalue weighted by Crippen LogP contribution is -2.39. The van der Waals surface area contributed by atoms with E-state index in [2.05, 4.69) is 43.5 Å². The first-order valence-electron chi connectivity index (χ1n) is 9.73. The summed E-state index contributed by atoms with van der Waals surface area (Å²) in [5.41, 5.74) is 4.42. The van der Waals surface area contributed by atoms with E-state index in [0.717, 1.165) is 42.5 Å². The van der Waals surface area contributed by atoms with Gasteiger partial charge in [-0.2, -0.15) is 0 Å². The molecule has 0 saturated heterocycles. The molecule has 1 aromatic carbocycles. The van der Waals surface area contributed by atoms with Crippen LogP contribution in [0.2, 0.25) is 0 Å². The Labute approximate surface area is 158 Å². The van der Waals surface area contributed by atoms with Crippen LogP contribution >= 0.6 is 0 Å². The van der Waals surface area contributed by atoms with E-state index in [9.17, 15) is 9.59 Å². The van der Waals surface area contributed by atoms with Crippen LogP contribution in [0, 0.1) is 38.0 Å². The second-order valence-electron chi connectivity index (χ2n) is 8.95. The second kappa shape index (κ2) is 8.24. The number of anilines is 1. The lowest BCUT2D eigenvalue weighted by molar-refractivity contribution is -0.128. The molecule has 2 N–H and O–H groups in total. The summed E-state index contributed by atoms with van der Waals surface area (Å²) in [6.45, 7) is 12.9. The summed E-state index contributed by atoms with van der Waals surface area (Å²) < 4.78 is 0. The molecule has 0 bridgehead atoms. The summed E-state index contributed by atoms with van der Waals surface area (Å²) >= 11 is 0. The maximum absolute atomic E-state index is 12.4. The molecule has 0 spiro atoms. The van der Waals surface area contributed by atoms with Crippen LogP contribution in [0.1, 0.15) is 63.1 Å². The van der Waals surface area contributed by atoms with E-state index in [-0.39, 0.29) is 24.3 Å². The van der Waals surface area contributed by atoms with E-state index in [0.29, 0.717) is 11.3 Å². The third-order valence-electron chi connectivity index (χ3n) is 5.69. The van der Waals surface area contributed by atoms with Crippen molar-refractivity contribution in [3.05, 3.63) is 28.8 Å². The summed E-state index contributed by atoms with van der Waals surface area (Å²) in [7, 11) is 0. The summed E-state index contributed by atoms with van der Waals surface area (Å²) in [5, 5.41) is 5.76. The van der Waals surface area contributed by atoms with Gasteiger partial charge in [-0.25, -0.2) is 0 Å². The van der Waals surface area contributed by atoms with E-state index in [4.69, 9.17) is 0 Å². The molecule has 0 aliphatic heterocycles. The Balaban J connectivity index is 1.82. The molecule has 0 unspecified atom stereocenters. The van der Waals surface area contributed by atoms with Crippen LogP contribution in [0.5, 0.6) is 0 Å². The van der Waals surface area contributed by atoms with Gasteiger partial charge in [-0.05, 0) is 68.9 Å². The molecule has 1 aliphatic rings. The average molecular weight is 359 g/mol. The Morgan fingerprint density at radius 2 is 1.54 bits per heavy atom. The number of carbonyl (C=O) groups excluding carboxylic acids is 2. The molecule has 1 fully saturated rings. The molecule has 1 aliphatic carbocycles. The van der Waals surface area contributed by atoms with Crippen molar-refractivity contribution >= 4 is 17.5 Å². The van der Waals surface area contributed by atoms with Crippen molar-refractivity contribution in [2.24, 2.45) is 17.3 Å². The highest BCUT2D eigenvalue weighted by Crippen LogP contribution is 2.39. The summed E-state index contributed by atoms with van der Waals surface area (Å²) in [6.07, 6.45) is 4.03. The maximum Gasteiger partial charge on any atom is 0.243 e. The zero-order valence-corrected chi connectivity index (χ0v) is 17.2. The molecule has 1 aromatic rings. The number of amides is 2. The molecule has 2 amide bonds. The highest BCUT2D eigenvalue weighted by atomic mass is 16.2. The molecule has 26 heavy (non-hydrogen) atoms. The fraction of sp³-hybridized carbons (Fsp3) is 0.636. The van der Waals surface area contributed by atoms with Crippen molar-refractivity contribution in [3.8, 4) is 0 Å². The van der Waals surface area contributed by atoms with Crippen molar-refractivity contribution < 1.29 is 9.59 Å². The van der Waals surface area contributed by atoms with E-state index < -0.39 is 0 Å². The number of rotatable bonds is 4. The minimum absolute atomic E-state index is 0.0184. The normalized spacial score (nSPS) is 20.5. The van der Waals surface area contributed by atoms with Crippen molar-refractivity contribution in [1.29, 1.82) is 0 Å². The van der Waals surface area contributed by atoms with Gasteiger partial charge in [-0.15, -0.1) is 0 Å². The topological polar surface area (TPSA) is 58.2 Å². The van der Waals surface area contributed by atoms with Gasteiger partial charge in [0.25, 0.3) is 0 Å². The van der Waals surface area contributed by atoms with Crippen molar-refractivity contribution in [2.75, 3.05) is 11.9 Å². The van der Waals surface area contributed by atoms with Crippen LogP contribution in [-0.2, 0) is 9.59 Å². The molecule has 0 radical (unpaired) electrons. The van der Waals surface area contributed by atoms with Crippen molar-refractivity contribution in [1.82, 2.24) is 5.32 Å². The summed E-state index contributed by atoms with van der Waals surface area (Å²) in [6, 6.07) is 4.10. The van der Waals surface area contributed by atoms with Crippen LogP contribution < -0.4 is 10.6 Å².